The fourth-order valence-electron chi connectivity index (χ4n) is 2.30. The van der Waals surface area contributed by atoms with E-state index in [9.17, 15) is 13.6 Å². The molecule has 15 heavy (non-hydrogen) atoms. The maximum absolute atomic E-state index is 12.9. The monoisotopic (exact) mass is 218 g/mol. The number of alkyl halides is 2. The number of halogens is 2. The molecule has 0 aliphatic heterocycles. The average Bonchev–Trinajstić information content (AvgIpc) is 2.17. The summed E-state index contributed by atoms with van der Waals surface area (Å²) in [5.74, 6) is -2.38. The van der Waals surface area contributed by atoms with Gasteiger partial charge >= 0.3 is 0 Å². The van der Waals surface area contributed by atoms with E-state index in [2.05, 4.69) is 0 Å². The van der Waals surface area contributed by atoms with E-state index in [0.29, 0.717) is 12.8 Å². The Morgan fingerprint density at radius 1 is 1.40 bits per heavy atom. The second-order valence-corrected chi connectivity index (χ2v) is 4.72. The first kappa shape index (κ1) is 12.6. The van der Waals surface area contributed by atoms with Crippen LogP contribution in [0.1, 0.15) is 52.4 Å². The summed E-state index contributed by atoms with van der Waals surface area (Å²) in [7, 11) is 0. The molecular formula is C12H20F2O. The van der Waals surface area contributed by atoms with Crippen LogP contribution in [0.4, 0.5) is 8.78 Å². The van der Waals surface area contributed by atoms with Crippen LogP contribution < -0.4 is 0 Å². The lowest BCUT2D eigenvalue weighted by molar-refractivity contribution is -0.130. The molecular weight excluding hydrogens is 198 g/mol. The molecule has 1 fully saturated rings. The Balaban J connectivity index is 2.42. The van der Waals surface area contributed by atoms with Gasteiger partial charge in [0.25, 0.3) is 0 Å². The van der Waals surface area contributed by atoms with Gasteiger partial charge in [0.15, 0.2) is 0 Å². The van der Waals surface area contributed by atoms with Gasteiger partial charge in [-0.2, -0.15) is 0 Å². The van der Waals surface area contributed by atoms with Crippen molar-refractivity contribution >= 4 is 5.78 Å². The van der Waals surface area contributed by atoms with Crippen LogP contribution in [-0.4, -0.2) is 11.7 Å². The zero-order valence-electron chi connectivity index (χ0n) is 9.56. The Labute approximate surface area is 90.2 Å². The number of rotatable bonds is 4. The molecule has 0 N–H and O–H groups in total. The zero-order chi connectivity index (χ0) is 11.5. The summed E-state index contributed by atoms with van der Waals surface area (Å²) in [6, 6.07) is 0. The van der Waals surface area contributed by atoms with E-state index in [1.165, 1.54) is 0 Å². The van der Waals surface area contributed by atoms with Crippen LogP contribution in [-0.2, 0) is 4.79 Å². The molecule has 0 saturated heterocycles. The SMILES string of the molecule is CCCC(C)C(=O)C1CCC(F)(F)CC1. The zero-order valence-corrected chi connectivity index (χ0v) is 9.56. The summed E-state index contributed by atoms with van der Waals surface area (Å²) in [5, 5.41) is 0. The van der Waals surface area contributed by atoms with Crippen LogP contribution in [0.5, 0.6) is 0 Å². The molecule has 1 unspecified atom stereocenters. The highest BCUT2D eigenvalue weighted by atomic mass is 19.3. The van der Waals surface area contributed by atoms with Crippen molar-refractivity contribution in [2.24, 2.45) is 11.8 Å². The van der Waals surface area contributed by atoms with Gasteiger partial charge in [-0.3, -0.25) is 4.79 Å². The lowest BCUT2D eigenvalue weighted by Gasteiger charge is -2.28. The van der Waals surface area contributed by atoms with Gasteiger partial charge in [-0.05, 0) is 19.3 Å². The van der Waals surface area contributed by atoms with Crippen molar-refractivity contribution in [2.45, 2.75) is 58.3 Å². The molecule has 1 nitrogen and oxygen atoms in total. The van der Waals surface area contributed by atoms with Crippen molar-refractivity contribution in [3.8, 4) is 0 Å². The van der Waals surface area contributed by atoms with Crippen molar-refractivity contribution in [1.29, 1.82) is 0 Å². The molecule has 1 atom stereocenters. The van der Waals surface area contributed by atoms with Crippen molar-refractivity contribution in [1.82, 2.24) is 0 Å². The maximum atomic E-state index is 12.9. The molecule has 1 aliphatic carbocycles. The minimum absolute atomic E-state index is 0.0479. The van der Waals surface area contributed by atoms with Crippen molar-refractivity contribution in [3.05, 3.63) is 0 Å². The number of hydrogen-bond acceptors (Lipinski definition) is 1. The largest absolute Gasteiger partial charge is 0.299 e. The molecule has 0 radical (unpaired) electrons. The van der Waals surface area contributed by atoms with Gasteiger partial charge in [0.05, 0.1) is 0 Å². The first-order valence-electron chi connectivity index (χ1n) is 5.88. The number of Topliss-reactive ketones (excluding diaryl/α,β-unsaturated/α-hetero) is 1. The summed E-state index contributed by atoms with van der Waals surface area (Å²) < 4.78 is 25.8. The van der Waals surface area contributed by atoms with Gasteiger partial charge < -0.3 is 0 Å². The number of carbonyl (C=O) groups excluding carboxylic acids is 1. The van der Waals surface area contributed by atoms with Crippen molar-refractivity contribution < 1.29 is 13.6 Å². The second kappa shape index (κ2) is 5.04. The van der Waals surface area contributed by atoms with Crippen molar-refractivity contribution in [3.63, 3.8) is 0 Å². The quantitative estimate of drug-likeness (QED) is 0.701. The van der Waals surface area contributed by atoms with Gasteiger partial charge in [-0.1, -0.05) is 20.3 Å². The van der Waals surface area contributed by atoms with E-state index in [4.69, 9.17) is 0 Å². The van der Waals surface area contributed by atoms with E-state index < -0.39 is 5.92 Å². The van der Waals surface area contributed by atoms with Gasteiger partial charge in [-0.15, -0.1) is 0 Å². The second-order valence-electron chi connectivity index (χ2n) is 4.72. The highest BCUT2D eigenvalue weighted by molar-refractivity contribution is 5.83. The molecule has 1 aliphatic rings. The Morgan fingerprint density at radius 3 is 2.40 bits per heavy atom. The van der Waals surface area contributed by atoms with E-state index in [1.54, 1.807) is 0 Å². The molecule has 1 rings (SSSR count). The predicted octanol–water partition coefficient (Wildman–Crippen LogP) is 3.82. The molecule has 88 valence electrons. The van der Waals surface area contributed by atoms with Crippen LogP contribution in [0.25, 0.3) is 0 Å². The Bertz CT molecular complexity index is 216. The first-order chi connectivity index (χ1) is 6.96. The molecule has 0 amide bonds. The maximum Gasteiger partial charge on any atom is 0.248 e. The summed E-state index contributed by atoms with van der Waals surface area (Å²) in [5.41, 5.74) is 0. The van der Waals surface area contributed by atoms with Crippen LogP contribution in [0, 0.1) is 11.8 Å². The summed E-state index contributed by atoms with van der Waals surface area (Å²) in [6.07, 6.45) is 2.39. The number of hydrogen-bond donors (Lipinski definition) is 0. The topological polar surface area (TPSA) is 17.1 Å². The van der Waals surface area contributed by atoms with Crippen molar-refractivity contribution in [2.75, 3.05) is 0 Å². The molecule has 3 heteroatoms. The summed E-state index contributed by atoms with van der Waals surface area (Å²) in [4.78, 5) is 11.9. The molecule has 0 aromatic rings. The number of ketones is 1. The minimum Gasteiger partial charge on any atom is -0.299 e. The normalized spacial score (nSPS) is 23.7. The lowest BCUT2D eigenvalue weighted by atomic mass is 9.80. The van der Waals surface area contributed by atoms with E-state index in [0.717, 1.165) is 12.8 Å². The molecule has 1 saturated carbocycles. The Morgan fingerprint density at radius 2 is 1.93 bits per heavy atom. The third kappa shape index (κ3) is 3.54. The summed E-state index contributed by atoms with van der Waals surface area (Å²) in [6.45, 7) is 3.96. The molecule has 0 aromatic heterocycles. The van der Waals surface area contributed by atoms with Crippen LogP contribution in [0.15, 0.2) is 0 Å². The fourth-order valence-corrected chi connectivity index (χ4v) is 2.30. The Kier molecular flexibility index (Phi) is 4.23. The lowest BCUT2D eigenvalue weighted by Crippen LogP contribution is -2.31. The van der Waals surface area contributed by atoms with Gasteiger partial charge in [0, 0.05) is 24.7 Å². The fraction of sp³-hybridized carbons (Fsp3) is 0.917. The predicted molar refractivity (Wildman–Crippen MR) is 56.0 cm³/mol. The first-order valence-corrected chi connectivity index (χ1v) is 5.88. The standard InChI is InChI=1S/C12H20F2O/c1-3-4-9(2)11(15)10-5-7-12(13,14)8-6-10/h9-10H,3-8H2,1-2H3. The van der Waals surface area contributed by atoms with Gasteiger partial charge in [0.1, 0.15) is 5.78 Å². The molecule has 0 spiro atoms. The van der Waals surface area contributed by atoms with Gasteiger partial charge in [0.2, 0.25) is 5.92 Å². The molecule has 0 bridgehead atoms. The van der Waals surface area contributed by atoms with E-state index in [1.807, 2.05) is 13.8 Å². The molecule has 0 heterocycles. The van der Waals surface area contributed by atoms with Crippen LogP contribution in [0.2, 0.25) is 0 Å². The van der Waals surface area contributed by atoms with Gasteiger partial charge in [-0.25, -0.2) is 8.78 Å². The highest BCUT2D eigenvalue weighted by Gasteiger charge is 2.37. The average molecular weight is 218 g/mol. The highest BCUT2D eigenvalue weighted by Crippen LogP contribution is 2.37. The van der Waals surface area contributed by atoms with E-state index in [-0.39, 0.29) is 30.5 Å². The smallest absolute Gasteiger partial charge is 0.248 e. The summed E-state index contributed by atoms with van der Waals surface area (Å²) >= 11 is 0. The Hall–Kier alpha value is -0.470. The molecule has 0 aromatic carbocycles. The van der Waals surface area contributed by atoms with Crippen LogP contribution in [0.3, 0.4) is 0 Å². The van der Waals surface area contributed by atoms with E-state index >= 15 is 0 Å². The minimum atomic E-state index is -2.52. The van der Waals surface area contributed by atoms with Crippen LogP contribution >= 0.6 is 0 Å². The third-order valence-corrected chi connectivity index (χ3v) is 3.33. The number of carbonyl (C=O) groups is 1. The third-order valence-electron chi connectivity index (χ3n) is 3.33.